The Morgan fingerprint density at radius 1 is 1.15 bits per heavy atom. The fraction of sp³-hybridized carbons (Fsp3) is 0.619. The second kappa shape index (κ2) is 10.6. The van der Waals surface area contributed by atoms with E-state index < -0.39 is 6.04 Å². The topological polar surface area (TPSA) is 49.4 Å². The van der Waals surface area contributed by atoms with E-state index in [0.717, 1.165) is 24.8 Å². The van der Waals surface area contributed by atoms with Crippen LogP contribution in [0.4, 0.5) is 0 Å². The number of carbonyl (C=O) groups is 2. The average Bonchev–Trinajstić information content (AvgIpc) is 2.64. The van der Waals surface area contributed by atoms with E-state index in [-0.39, 0.29) is 17.9 Å². The smallest absolute Gasteiger partial charge is 0.243 e. The third kappa shape index (κ3) is 6.01. The average molecular weight is 379 g/mol. The molecule has 144 valence electrons. The van der Waals surface area contributed by atoms with E-state index in [1.165, 1.54) is 19.3 Å². The lowest BCUT2D eigenvalue weighted by atomic mass is 9.95. The van der Waals surface area contributed by atoms with Crippen molar-refractivity contribution in [2.45, 2.75) is 83.8 Å². The Kier molecular flexibility index (Phi) is 8.43. The summed E-state index contributed by atoms with van der Waals surface area (Å²) in [6.07, 6.45) is 7.53. The van der Waals surface area contributed by atoms with Crippen LogP contribution in [-0.4, -0.2) is 28.8 Å². The van der Waals surface area contributed by atoms with Crippen LogP contribution in [0, 0.1) is 0 Å². The van der Waals surface area contributed by atoms with Gasteiger partial charge in [-0.15, -0.1) is 0 Å². The molecule has 26 heavy (non-hydrogen) atoms. The van der Waals surface area contributed by atoms with E-state index in [0.29, 0.717) is 24.4 Å². The van der Waals surface area contributed by atoms with Crippen molar-refractivity contribution < 1.29 is 9.59 Å². The summed E-state index contributed by atoms with van der Waals surface area (Å²) >= 11 is 5.96. The van der Waals surface area contributed by atoms with Crippen molar-refractivity contribution in [3.8, 4) is 0 Å². The van der Waals surface area contributed by atoms with Gasteiger partial charge in [0.2, 0.25) is 11.8 Å². The van der Waals surface area contributed by atoms with Crippen molar-refractivity contribution in [1.29, 1.82) is 0 Å². The molecule has 0 unspecified atom stereocenters. The molecule has 2 amide bonds. The number of amides is 2. The van der Waals surface area contributed by atoms with Crippen LogP contribution >= 0.6 is 11.6 Å². The van der Waals surface area contributed by atoms with Crippen molar-refractivity contribution in [2.24, 2.45) is 0 Å². The highest BCUT2D eigenvalue weighted by Crippen LogP contribution is 2.20. The predicted octanol–water partition coefficient (Wildman–Crippen LogP) is 4.70. The molecule has 1 aliphatic rings. The van der Waals surface area contributed by atoms with Crippen molar-refractivity contribution in [3.63, 3.8) is 0 Å². The molecule has 0 bridgehead atoms. The molecule has 1 aliphatic carbocycles. The molecule has 0 saturated heterocycles. The van der Waals surface area contributed by atoms with Crippen molar-refractivity contribution in [3.05, 3.63) is 34.9 Å². The molecule has 0 spiro atoms. The van der Waals surface area contributed by atoms with Gasteiger partial charge in [0.15, 0.2) is 0 Å². The number of benzene rings is 1. The van der Waals surface area contributed by atoms with Gasteiger partial charge in [0, 0.05) is 24.0 Å². The summed E-state index contributed by atoms with van der Waals surface area (Å²) < 4.78 is 0. The van der Waals surface area contributed by atoms with E-state index in [9.17, 15) is 9.59 Å². The zero-order valence-corrected chi connectivity index (χ0v) is 16.7. The molecule has 0 aromatic heterocycles. The molecule has 5 heteroatoms. The first-order valence-corrected chi connectivity index (χ1v) is 10.3. The van der Waals surface area contributed by atoms with E-state index in [1.54, 1.807) is 4.90 Å². The molecule has 2 rings (SSSR count). The van der Waals surface area contributed by atoms with Crippen LogP contribution in [0.5, 0.6) is 0 Å². The highest BCUT2D eigenvalue weighted by molar-refractivity contribution is 6.30. The van der Waals surface area contributed by atoms with E-state index in [2.05, 4.69) is 5.32 Å². The fourth-order valence-corrected chi connectivity index (χ4v) is 3.73. The van der Waals surface area contributed by atoms with Gasteiger partial charge in [0.05, 0.1) is 0 Å². The van der Waals surface area contributed by atoms with E-state index in [4.69, 9.17) is 11.6 Å². The first-order valence-electron chi connectivity index (χ1n) is 9.89. The molecular formula is C21H31ClN2O2. The Morgan fingerprint density at radius 3 is 2.38 bits per heavy atom. The van der Waals surface area contributed by atoms with Crippen LogP contribution in [0.3, 0.4) is 0 Å². The normalized spacial score (nSPS) is 16.1. The molecule has 0 radical (unpaired) electrons. The fourth-order valence-electron chi connectivity index (χ4n) is 3.61. The summed E-state index contributed by atoms with van der Waals surface area (Å²) in [5, 5.41) is 3.86. The van der Waals surface area contributed by atoms with Gasteiger partial charge in [0.1, 0.15) is 6.04 Å². The zero-order chi connectivity index (χ0) is 18.9. The quantitative estimate of drug-likeness (QED) is 0.712. The van der Waals surface area contributed by atoms with Gasteiger partial charge in [-0.05, 0) is 43.4 Å². The Hall–Kier alpha value is -1.55. The number of rotatable bonds is 8. The minimum Gasteiger partial charge on any atom is -0.352 e. The zero-order valence-electron chi connectivity index (χ0n) is 16.0. The molecule has 4 nitrogen and oxygen atoms in total. The maximum absolute atomic E-state index is 12.9. The third-order valence-electron chi connectivity index (χ3n) is 5.07. The number of carbonyl (C=O) groups excluding carboxylic acids is 2. The number of nitrogens with zero attached hydrogens (tertiary/aromatic N) is 1. The molecule has 1 atom stereocenters. The van der Waals surface area contributed by atoms with Gasteiger partial charge in [0.25, 0.3) is 0 Å². The predicted molar refractivity (Wildman–Crippen MR) is 106 cm³/mol. The van der Waals surface area contributed by atoms with Crippen LogP contribution < -0.4 is 5.32 Å². The van der Waals surface area contributed by atoms with Crippen molar-refractivity contribution >= 4 is 23.4 Å². The number of hydrogen-bond donors (Lipinski definition) is 1. The molecule has 1 fully saturated rings. The molecule has 1 N–H and O–H groups in total. The highest BCUT2D eigenvalue weighted by atomic mass is 35.5. The number of halogens is 1. The summed E-state index contributed by atoms with van der Waals surface area (Å²) in [5.74, 6) is 0.0194. The van der Waals surface area contributed by atoms with Gasteiger partial charge >= 0.3 is 0 Å². The standard InChI is InChI=1S/C21H31ClN2O2/c1-3-8-20(25)24(15-16-11-13-17(22)14-12-16)19(4-2)21(26)23-18-9-6-5-7-10-18/h11-14,18-19H,3-10,15H2,1-2H3,(H,23,26)/t19-/m0/s1. The summed E-state index contributed by atoms with van der Waals surface area (Å²) in [6, 6.07) is 7.31. The second-order valence-corrected chi connectivity index (χ2v) is 7.60. The maximum atomic E-state index is 12.9. The lowest BCUT2D eigenvalue weighted by Gasteiger charge is -2.32. The minimum atomic E-state index is -0.424. The van der Waals surface area contributed by atoms with Crippen molar-refractivity contribution in [2.75, 3.05) is 0 Å². The lowest BCUT2D eigenvalue weighted by Crippen LogP contribution is -2.51. The van der Waals surface area contributed by atoms with Gasteiger partial charge in [-0.25, -0.2) is 0 Å². The lowest BCUT2D eigenvalue weighted by molar-refractivity contribution is -0.141. The second-order valence-electron chi connectivity index (χ2n) is 7.17. The minimum absolute atomic E-state index is 0.0159. The number of nitrogens with one attached hydrogen (secondary N) is 1. The van der Waals surface area contributed by atoms with E-state index >= 15 is 0 Å². The largest absolute Gasteiger partial charge is 0.352 e. The molecule has 0 aliphatic heterocycles. The molecular weight excluding hydrogens is 348 g/mol. The molecule has 1 aromatic carbocycles. The van der Waals surface area contributed by atoms with Crippen LogP contribution in [0.2, 0.25) is 5.02 Å². The Morgan fingerprint density at radius 2 is 1.81 bits per heavy atom. The Labute approximate surface area is 162 Å². The Balaban J connectivity index is 2.12. The van der Waals surface area contributed by atoms with Crippen LogP contribution in [-0.2, 0) is 16.1 Å². The van der Waals surface area contributed by atoms with Gasteiger partial charge in [-0.3, -0.25) is 9.59 Å². The summed E-state index contributed by atoms with van der Waals surface area (Å²) in [5.41, 5.74) is 0.989. The van der Waals surface area contributed by atoms with Gasteiger partial charge in [-0.2, -0.15) is 0 Å². The monoisotopic (exact) mass is 378 g/mol. The summed E-state index contributed by atoms with van der Waals surface area (Å²) in [7, 11) is 0. The molecule has 1 aromatic rings. The van der Waals surface area contributed by atoms with Gasteiger partial charge in [-0.1, -0.05) is 56.8 Å². The van der Waals surface area contributed by atoms with Crippen LogP contribution in [0.15, 0.2) is 24.3 Å². The molecule has 0 heterocycles. The van der Waals surface area contributed by atoms with Crippen molar-refractivity contribution in [1.82, 2.24) is 10.2 Å². The SMILES string of the molecule is CCCC(=O)N(Cc1ccc(Cl)cc1)[C@@H](CC)C(=O)NC1CCCCC1. The third-order valence-corrected chi connectivity index (χ3v) is 5.32. The Bertz CT molecular complexity index is 582. The first kappa shape index (κ1) is 20.8. The number of hydrogen-bond acceptors (Lipinski definition) is 2. The summed E-state index contributed by atoms with van der Waals surface area (Å²) in [6.45, 7) is 4.40. The first-order chi connectivity index (χ1) is 12.5. The van der Waals surface area contributed by atoms with Crippen LogP contribution in [0.25, 0.3) is 0 Å². The van der Waals surface area contributed by atoms with Gasteiger partial charge < -0.3 is 10.2 Å². The summed E-state index contributed by atoms with van der Waals surface area (Å²) in [4.78, 5) is 27.4. The maximum Gasteiger partial charge on any atom is 0.243 e. The van der Waals surface area contributed by atoms with Crippen LogP contribution in [0.1, 0.15) is 70.8 Å². The van der Waals surface area contributed by atoms with E-state index in [1.807, 2.05) is 38.1 Å². The molecule has 1 saturated carbocycles. The highest BCUT2D eigenvalue weighted by Gasteiger charge is 2.29.